The van der Waals surface area contributed by atoms with Gasteiger partial charge in [-0.3, -0.25) is 10.0 Å². The Labute approximate surface area is 94.4 Å². The molecule has 0 unspecified atom stereocenters. The highest BCUT2D eigenvalue weighted by molar-refractivity contribution is 5.93. The highest BCUT2D eigenvalue weighted by Gasteiger charge is 2.24. The number of nitrogens with zero attached hydrogens (tertiary/aromatic N) is 1. The minimum Gasteiger partial charge on any atom is -0.349 e. The molecule has 1 aliphatic rings. The van der Waals surface area contributed by atoms with Crippen molar-refractivity contribution in [3.63, 3.8) is 0 Å². The first kappa shape index (κ1) is 11.2. The van der Waals surface area contributed by atoms with Gasteiger partial charge in [-0.15, -0.1) is 0 Å². The molecule has 1 aliphatic heterocycles. The predicted molar refractivity (Wildman–Crippen MR) is 59.2 cm³/mol. The summed E-state index contributed by atoms with van der Waals surface area (Å²) >= 11 is 0. The maximum Gasteiger partial charge on any atom is 0.276 e. The summed E-state index contributed by atoms with van der Waals surface area (Å²) in [5.74, 6) is -0.460. The lowest BCUT2D eigenvalue weighted by atomic mass is 9.94. The predicted octanol–water partition coefficient (Wildman–Crippen LogP) is 0.736. The maximum absolute atomic E-state index is 11.3. The van der Waals surface area contributed by atoms with Crippen LogP contribution in [0.15, 0.2) is 12.3 Å². The van der Waals surface area contributed by atoms with Gasteiger partial charge in [-0.25, -0.2) is 5.48 Å². The Kier molecular flexibility index (Phi) is 2.73. The van der Waals surface area contributed by atoms with E-state index in [2.05, 4.69) is 23.7 Å². The van der Waals surface area contributed by atoms with Crippen LogP contribution in [0.25, 0.3) is 0 Å². The lowest BCUT2D eigenvalue weighted by Gasteiger charge is -2.22. The van der Waals surface area contributed by atoms with E-state index in [0.717, 1.165) is 25.3 Å². The van der Waals surface area contributed by atoms with E-state index >= 15 is 0 Å². The van der Waals surface area contributed by atoms with Crippen LogP contribution < -0.4 is 10.8 Å². The van der Waals surface area contributed by atoms with Gasteiger partial charge in [0, 0.05) is 31.5 Å². The van der Waals surface area contributed by atoms with Crippen molar-refractivity contribution in [1.82, 2.24) is 15.4 Å². The Hall–Kier alpha value is -1.33. The first-order valence-electron chi connectivity index (χ1n) is 5.36. The number of aromatic nitrogens is 1. The molecule has 0 saturated heterocycles. The summed E-state index contributed by atoms with van der Waals surface area (Å²) < 4.78 is 2.07. The van der Waals surface area contributed by atoms with Gasteiger partial charge in [-0.1, -0.05) is 13.8 Å². The maximum atomic E-state index is 11.3. The third-order valence-electron chi connectivity index (χ3n) is 2.86. The third kappa shape index (κ3) is 2.10. The van der Waals surface area contributed by atoms with Crippen LogP contribution in [-0.2, 0) is 13.1 Å². The first-order valence-corrected chi connectivity index (χ1v) is 5.36. The summed E-state index contributed by atoms with van der Waals surface area (Å²) in [4.78, 5) is 11.3. The number of hydrogen-bond acceptors (Lipinski definition) is 3. The number of hydrogen-bond donors (Lipinski definition) is 3. The molecule has 2 rings (SSSR count). The molecule has 2 heterocycles. The summed E-state index contributed by atoms with van der Waals surface area (Å²) in [5.41, 5.74) is 3.39. The van der Waals surface area contributed by atoms with E-state index in [1.807, 2.05) is 0 Å². The van der Waals surface area contributed by atoms with Crippen LogP contribution in [0.5, 0.6) is 0 Å². The number of nitrogens with one attached hydrogen (secondary N) is 2. The summed E-state index contributed by atoms with van der Waals surface area (Å²) in [5, 5.41) is 11.9. The molecule has 5 nitrogen and oxygen atoms in total. The van der Waals surface area contributed by atoms with E-state index in [0.29, 0.717) is 5.56 Å². The average Bonchev–Trinajstić information content (AvgIpc) is 2.53. The van der Waals surface area contributed by atoms with E-state index < -0.39 is 5.91 Å². The van der Waals surface area contributed by atoms with E-state index in [9.17, 15) is 4.79 Å². The van der Waals surface area contributed by atoms with Crippen molar-refractivity contribution in [2.24, 2.45) is 5.41 Å². The van der Waals surface area contributed by atoms with Gasteiger partial charge in [0.25, 0.3) is 5.91 Å². The summed E-state index contributed by atoms with van der Waals surface area (Å²) in [6.45, 7) is 6.94. The van der Waals surface area contributed by atoms with Crippen molar-refractivity contribution >= 4 is 5.91 Å². The minimum absolute atomic E-state index is 0.164. The molecule has 0 radical (unpaired) electrons. The molecular weight excluding hydrogens is 206 g/mol. The average molecular weight is 223 g/mol. The second kappa shape index (κ2) is 3.92. The molecule has 1 aromatic rings. The zero-order valence-corrected chi connectivity index (χ0v) is 9.58. The topological polar surface area (TPSA) is 66.3 Å². The van der Waals surface area contributed by atoms with Crippen molar-refractivity contribution in [2.75, 3.05) is 6.54 Å². The van der Waals surface area contributed by atoms with E-state index in [1.165, 1.54) is 0 Å². The number of hydroxylamine groups is 1. The van der Waals surface area contributed by atoms with Crippen molar-refractivity contribution in [1.29, 1.82) is 0 Å². The molecule has 0 aromatic carbocycles. The van der Waals surface area contributed by atoms with E-state index in [4.69, 9.17) is 5.21 Å². The summed E-state index contributed by atoms with van der Waals surface area (Å²) in [6.07, 6.45) is 1.79. The molecule has 0 bridgehead atoms. The number of rotatable bonds is 1. The fourth-order valence-electron chi connectivity index (χ4n) is 2.08. The van der Waals surface area contributed by atoms with Crippen molar-refractivity contribution in [2.45, 2.75) is 26.9 Å². The Bertz CT molecular complexity index is 409. The van der Waals surface area contributed by atoms with E-state index in [-0.39, 0.29) is 5.41 Å². The SMILES string of the molecule is CC1(C)CNCc2cc(C(=O)NO)cn2C1. The second-order valence-corrected chi connectivity index (χ2v) is 5.06. The standard InChI is InChI=1S/C11H17N3O2/c1-11(2)6-12-4-9-3-8(10(15)13-16)5-14(9)7-11/h3,5,12,16H,4,6-7H2,1-2H3,(H,13,15). The molecule has 1 aromatic heterocycles. The smallest absolute Gasteiger partial charge is 0.276 e. The molecule has 3 N–H and O–H groups in total. The van der Waals surface area contributed by atoms with Crippen LogP contribution >= 0.6 is 0 Å². The van der Waals surface area contributed by atoms with Gasteiger partial charge in [0.05, 0.1) is 5.56 Å². The summed E-state index contributed by atoms with van der Waals surface area (Å²) in [7, 11) is 0. The molecule has 0 atom stereocenters. The van der Waals surface area contributed by atoms with Crippen molar-refractivity contribution < 1.29 is 10.0 Å². The molecule has 0 spiro atoms. The monoisotopic (exact) mass is 223 g/mol. The number of carbonyl (C=O) groups is 1. The normalized spacial score (nSPS) is 18.7. The van der Waals surface area contributed by atoms with Gasteiger partial charge in [-0.05, 0) is 11.5 Å². The molecular formula is C11H17N3O2. The molecule has 0 saturated carbocycles. The minimum atomic E-state index is -0.460. The number of fused-ring (bicyclic) bond motifs is 1. The Morgan fingerprint density at radius 1 is 1.62 bits per heavy atom. The quantitative estimate of drug-likeness (QED) is 0.486. The Morgan fingerprint density at radius 2 is 2.38 bits per heavy atom. The first-order chi connectivity index (χ1) is 7.52. The highest BCUT2D eigenvalue weighted by atomic mass is 16.5. The molecule has 5 heteroatoms. The van der Waals surface area contributed by atoms with Crippen LogP contribution in [-0.4, -0.2) is 22.2 Å². The van der Waals surface area contributed by atoms with Gasteiger partial charge in [0.2, 0.25) is 0 Å². The second-order valence-electron chi connectivity index (χ2n) is 5.06. The fraction of sp³-hybridized carbons (Fsp3) is 0.545. The molecule has 0 fully saturated rings. The lowest BCUT2D eigenvalue weighted by molar-refractivity contribution is 0.0706. The van der Waals surface area contributed by atoms with Crippen LogP contribution in [0.1, 0.15) is 29.9 Å². The number of amides is 1. The van der Waals surface area contributed by atoms with Crippen molar-refractivity contribution in [3.8, 4) is 0 Å². The Balaban J connectivity index is 2.30. The zero-order chi connectivity index (χ0) is 11.8. The van der Waals surface area contributed by atoms with Gasteiger partial charge in [-0.2, -0.15) is 0 Å². The molecule has 1 amide bonds. The van der Waals surface area contributed by atoms with E-state index in [1.54, 1.807) is 17.7 Å². The zero-order valence-electron chi connectivity index (χ0n) is 9.58. The Morgan fingerprint density at radius 3 is 3.06 bits per heavy atom. The van der Waals surface area contributed by atoms with Crippen LogP contribution in [0, 0.1) is 5.41 Å². The van der Waals surface area contributed by atoms with Crippen LogP contribution in [0.4, 0.5) is 0 Å². The van der Waals surface area contributed by atoms with Gasteiger partial charge < -0.3 is 9.88 Å². The molecule has 16 heavy (non-hydrogen) atoms. The summed E-state index contributed by atoms with van der Waals surface area (Å²) in [6, 6.07) is 1.81. The fourth-order valence-corrected chi connectivity index (χ4v) is 2.08. The van der Waals surface area contributed by atoms with Gasteiger partial charge in [0.15, 0.2) is 0 Å². The third-order valence-corrected chi connectivity index (χ3v) is 2.86. The lowest BCUT2D eigenvalue weighted by Crippen LogP contribution is -2.28. The molecule has 88 valence electrons. The van der Waals surface area contributed by atoms with Crippen LogP contribution in [0.3, 0.4) is 0 Å². The highest BCUT2D eigenvalue weighted by Crippen LogP contribution is 2.22. The van der Waals surface area contributed by atoms with Crippen molar-refractivity contribution in [3.05, 3.63) is 23.5 Å². The number of carbonyl (C=O) groups excluding carboxylic acids is 1. The largest absolute Gasteiger partial charge is 0.349 e. The van der Waals surface area contributed by atoms with Gasteiger partial charge >= 0.3 is 0 Å². The molecule has 0 aliphatic carbocycles. The van der Waals surface area contributed by atoms with Gasteiger partial charge in [0.1, 0.15) is 0 Å². The van der Waals surface area contributed by atoms with Crippen LogP contribution in [0.2, 0.25) is 0 Å².